The molecule has 0 aliphatic rings. The zero-order valence-corrected chi connectivity index (χ0v) is 16.9. The number of nitrogens with one attached hydrogen (secondary N) is 1. The van der Waals surface area contributed by atoms with Crippen molar-refractivity contribution in [1.29, 1.82) is 0 Å². The lowest BCUT2D eigenvalue weighted by atomic mass is 10.2. The van der Waals surface area contributed by atoms with Gasteiger partial charge >= 0.3 is 0 Å². The second-order valence-electron chi connectivity index (χ2n) is 6.64. The summed E-state index contributed by atoms with van der Waals surface area (Å²) in [5.41, 5.74) is 2.87. The summed E-state index contributed by atoms with van der Waals surface area (Å²) in [7, 11) is 0. The van der Waals surface area contributed by atoms with Gasteiger partial charge in [0, 0.05) is 6.20 Å². The molecule has 11 heteroatoms. The van der Waals surface area contributed by atoms with Gasteiger partial charge in [-0.25, -0.2) is 15.0 Å². The number of aryl methyl sites for hydroxylation is 1. The van der Waals surface area contributed by atoms with Crippen LogP contribution in [0.25, 0.3) is 39.0 Å². The molecule has 6 aromatic rings. The summed E-state index contributed by atoms with van der Waals surface area (Å²) in [6, 6.07) is 13.3. The van der Waals surface area contributed by atoms with E-state index in [0.717, 1.165) is 21.0 Å². The van der Waals surface area contributed by atoms with Crippen LogP contribution in [-0.2, 0) is 0 Å². The normalized spacial score (nSPS) is 11.4. The largest absolute Gasteiger partial charge is 0.461 e. The Morgan fingerprint density at radius 2 is 1.94 bits per heavy atom. The SMILES string of the molecule is Cc1c(-c2ccnc(Nc3nc4ccccc4s3)n2)nnc2nc(-c3ccco3)nn12. The molecular weight excluding hydrogens is 414 g/mol. The molecule has 0 saturated carbocycles. The molecule has 0 aliphatic heterocycles. The minimum Gasteiger partial charge on any atom is -0.461 e. The second kappa shape index (κ2) is 6.92. The second-order valence-corrected chi connectivity index (χ2v) is 7.67. The topological polar surface area (TPSA) is 120 Å². The van der Waals surface area contributed by atoms with Crippen LogP contribution in [-0.4, -0.2) is 39.7 Å². The molecule has 0 saturated heterocycles. The van der Waals surface area contributed by atoms with Crippen molar-refractivity contribution in [3.8, 4) is 23.0 Å². The number of nitrogens with zero attached hydrogens (tertiary/aromatic N) is 8. The van der Waals surface area contributed by atoms with Gasteiger partial charge in [0.1, 0.15) is 5.69 Å². The van der Waals surface area contributed by atoms with E-state index >= 15 is 0 Å². The van der Waals surface area contributed by atoms with Gasteiger partial charge in [-0.05, 0) is 37.3 Å². The van der Waals surface area contributed by atoms with Crippen LogP contribution >= 0.6 is 11.3 Å². The quantitative estimate of drug-likeness (QED) is 0.446. The Morgan fingerprint density at radius 3 is 2.81 bits per heavy atom. The number of para-hydroxylation sites is 1. The zero-order chi connectivity index (χ0) is 20.8. The number of rotatable bonds is 4. The van der Waals surface area contributed by atoms with Crippen molar-refractivity contribution < 1.29 is 4.42 Å². The Labute approximate surface area is 178 Å². The fourth-order valence-electron chi connectivity index (χ4n) is 3.18. The average Bonchev–Trinajstić information content (AvgIpc) is 3.53. The highest BCUT2D eigenvalue weighted by Gasteiger charge is 2.16. The molecule has 1 N–H and O–H groups in total. The van der Waals surface area contributed by atoms with Gasteiger partial charge in [-0.2, -0.15) is 9.50 Å². The highest BCUT2D eigenvalue weighted by molar-refractivity contribution is 7.22. The van der Waals surface area contributed by atoms with Crippen molar-refractivity contribution in [2.45, 2.75) is 6.92 Å². The maximum absolute atomic E-state index is 5.38. The standard InChI is InChI=1S/C20H13N9OS/c1-11-16(26-27-19-24-17(28-29(11)19)14-6-4-10-30-14)13-8-9-21-18(22-13)25-20-23-12-5-2-3-7-15(12)31-20/h2-10H,1H3,(H,21,22,23,25). The predicted octanol–water partition coefficient (Wildman–Crippen LogP) is 3.90. The molecule has 6 rings (SSSR count). The highest BCUT2D eigenvalue weighted by Crippen LogP contribution is 2.28. The molecule has 5 aromatic heterocycles. The molecule has 10 nitrogen and oxygen atoms in total. The fraction of sp³-hybridized carbons (Fsp3) is 0.0500. The van der Waals surface area contributed by atoms with E-state index in [-0.39, 0.29) is 0 Å². The smallest absolute Gasteiger partial charge is 0.272 e. The van der Waals surface area contributed by atoms with Gasteiger partial charge in [-0.3, -0.25) is 5.32 Å². The maximum Gasteiger partial charge on any atom is 0.272 e. The first kappa shape index (κ1) is 17.6. The monoisotopic (exact) mass is 427 g/mol. The molecule has 0 bridgehead atoms. The number of hydrogen-bond donors (Lipinski definition) is 1. The van der Waals surface area contributed by atoms with E-state index in [2.05, 4.69) is 40.5 Å². The molecule has 0 atom stereocenters. The number of benzene rings is 1. The fourth-order valence-corrected chi connectivity index (χ4v) is 4.04. The summed E-state index contributed by atoms with van der Waals surface area (Å²) < 4.78 is 8.10. The molecule has 0 amide bonds. The number of hydrogen-bond acceptors (Lipinski definition) is 10. The lowest BCUT2D eigenvalue weighted by molar-refractivity contribution is 0.577. The Kier molecular flexibility index (Phi) is 3.93. The molecule has 5 heterocycles. The van der Waals surface area contributed by atoms with Crippen molar-refractivity contribution in [1.82, 2.24) is 39.7 Å². The van der Waals surface area contributed by atoms with Gasteiger partial charge in [0.2, 0.25) is 11.8 Å². The molecule has 0 radical (unpaired) electrons. The third kappa shape index (κ3) is 3.07. The minimum absolute atomic E-state index is 0.384. The molecule has 1 aromatic carbocycles. The van der Waals surface area contributed by atoms with E-state index in [4.69, 9.17) is 4.42 Å². The summed E-state index contributed by atoms with van der Waals surface area (Å²) in [4.78, 5) is 17.8. The Hall–Kier alpha value is -4.25. The van der Waals surface area contributed by atoms with Crippen molar-refractivity contribution in [3.05, 3.63) is 60.6 Å². The lowest BCUT2D eigenvalue weighted by Crippen LogP contribution is -2.05. The van der Waals surface area contributed by atoms with Crippen molar-refractivity contribution in [2.75, 3.05) is 5.32 Å². The molecule has 31 heavy (non-hydrogen) atoms. The summed E-state index contributed by atoms with van der Waals surface area (Å²) >= 11 is 1.54. The number of anilines is 2. The van der Waals surface area contributed by atoms with Gasteiger partial charge in [0.25, 0.3) is 5.78 Å². The van der Waals surface area contributed by atoms with Gasteiger partial charge in [0.15, 0.2) is 10.9 Å². The highest BCUT2D eigenvalue weighted by atomic mass is 32.1. The summed E-state index contributed by atoms with van der Waals surface area (Å²) in [5, 5.41) is 16.9. The van der Waals surface area contributed by atoms with E-state index in [0.29, 0.717) is 34.7 Å². The first-order valence-corrected chi connectivity index (χ1v) is 10.2. The van der Waals surface area contributed by atoms with Crippen LogP contribution in [0.4, 0.5) is 11.1 Å². The van der Waals surface area contributed by atoms with E-state index in [1.54, 1.807) is 35.2 Å². The molecule has 0 aliphatic carbocycles. The van der Waals surface area contributed by atoms with Crippen LogP contribution in [0.3, 0.4) is 0 Å². The van der Waals surface area contributed by atoms with E-state index in [9.17, 15) is 0 Å². The Bertz CT molecular complexity index is 1500. The molecular formula is C20H13N9OS. The van der Waals surface area contributed by atoms with Crippen LogP contribution in [0.2, 0.25) is 0 Å². The number of aromatic nitrogens is 8. The van der Waals surface area contributed by atoms with Crippen LogP contribution in [0.5, 0.6) is 0 Å². The molecule has 0 fully saturated rings. The zero-order valence-electron chi connectivity index (χ0n) is 16.1. The summed E-state index contributed by atoms with van der Waals surface area (Å²) in [6.07, 6.45) is 3.24. The van der Waals surface area contributed by atoms with Gasteiger partial charge < -0.3 is 4.42 Å². The first-order chi connectivity index (χ1) is 15.2. The third-order valence-corrected chi connectivity index (χ3v) is 5.59. The number of fused-ring (bicyclic) bond motifs is 2. The molecule has 150 valence electrons. The predicted molar refractivity (Wildman–Crippen MR) is 115 cm³/mol. The number of thiazole rings is 1. The van der Waals surface area contributed by atoms with Gasteiger partial charge in [0.05, 0.1) is 27.9 Å². The van der Waals surface area contributed by atoms with E-state index in [1.807, 2.05) is 31.2 Å². The molecule has 0 unspecified atom stereocenters. The minimum atomic E-state index is 0.384. The maximum atomic E-state index is 5.38. The summed E-state index contributed by atoms with van der Waals surface area (Å²) in [6.45, 7) is 1.89. The first-order valence-electron chi connectivity index (χ1n) is 9.34. The lowest BCUT2D eigenvalue weighted by Gasteiger charge is -2.06. The van der Waals surface area contributed by atoms with Gasteiger partial charge in [-0.15, -0.1) is 15.3 Å². The number of furan rings is 1. The molecule has 0 spiro atoms. The average molecular weight is 427 g/mol. The third-order valence-electron chi connectivity index (χ3n) is 4.64. The van der Waals surface area contributed by atoms with Crippen LogP contribution < -0.4 is 5.32 Å². The van der Waals surface area contributed by atoms with Crippen LogP contribution in [0.15, 0.2) is 59.3 Å². The summed E-state index contributed by atoms with van der Waals surface area (Å²) in [5.74, 6) is 1.82. The van der Waals surface area contributed by atoms with E-state index in [1.165, 1.54) is 11.3 Å². The van der Waals surface area contributed by atoms with Crippen molar-refractivity contribution in [2.24, 2.45) is 0 Å². The Balaban J connectivity index is 1.36. The van der Waals surface area contributed by atoms with Crippen LogP contribution in [0.1, 0.15) is 5.69 Å². The van der Waals surface area contributed by atoms with Crippen molar-refractivity contribution in [3.63, 3.8) is 0 Å². The van der Waals surface area contributed by atoms with Crippen molar-refractivity contribution >= 4 is 38.4 Å². The van der Waals surface area contributed by atoms with Crippen LogP contribution in [0, 0.1) is 6.92 Å². The van der Waals surface area contributed by atoms with Gasteiger partial charge in [-0.1, -0.05) is 23.5 Å². The Morgan fingerprint density at radius 1 is 1.00 bits per heavy atom. The van der Waals surface area contributed by atoms with E-state index < -0.39 is 0 Å².